The normalized spacial score (nSPS) is 10.6. The van der Waals surface area contributed by atoms with Crippen molar-refractivity contribution < 1.29 is 19.1 Å². The Morgan fingerprint density at radius 1 is 1.12 bits per heavy atom. The maximum Gasteiger partial charge on any atom is 0.355 e. The van der Waals surface area contributed by atoms with Gasteiger partial charge in [0.15, 0.2) is 5.78 Å². The van der Waals surface area contributed by atoms with Crippen molar-refractivity contribution in [1.82, 2.24) is 0 Å². The fourth-order valence-corrected chi connectivity index (χ4v) is 3.71. The summed E-state index contributed by atoms with van der Waals surface area (Å²) < 4.78 is 11.4. The van der Waals surface area contributed by atoms with Crippen LogP contribution in [0.3, 0.4) is 0 Å². The molecule has 24 heavy (non-hydrogen) atoms. The molecule has 0 unspecified atom stereocenters. The first kappa shape index (κ1) is 16.5. The maximum atomic E-state index is 12.5. The van der Waals surface area contributed by atoms with Crippen molar-refractivity contribution in [3.05, 3.63) is 57.9 Å². The number of Topliss-reactive ketones (excluding diaryl/α,β-unsaturated/α-hetero) is 1. The molecule has 0 saturated heterocycles. The van der Waals surface area contributed by atoms with Crippen LogP contribution in [0.25, 0.3) is 10.1 Å². The standard InChI is InChI=1S/C18H13ClO4S/c1-10(20)12-5-3-4-6-14(12)23-18(21)17-16(19)13-8-7-11(22-2)9-15(13)24-17/h3-9H,1-2H3. The van der Waals surface area contributed by atoms with Gasteiger partial charge in [-0.05, 0) is 37.3 Å². The van der Waals surface area contributed by atoms with E-state index in [9.17, 15) is 9.59 Å². The molecular formula is C18H13ClO4S. The van der Waals surface area contributed by atoms with E-state index >= 15 is 0 Å². The molecule has 0 aliphatic heterocycles. The summed E-state index contributed by atoms with van der Waals surface area (Å²) in [6.07, 6.45) is 0. The third-order valence-corrected chi connectivity index (χ3v) is 5.13. The first-order valence-electron chi connectivity index (χ1n) is 7.09. The number of methoxy groups -OCH3 is 1. The highest BCUT2D eigenvalue weighted by Gasteiger charge is 2.21. The van der Waals surface area contributed by atoms with Crippen molar-refractivity contribution in [3.8, 4) is 11.5 Å². The lowest BCUT2D eigenvalue weighted by molar-refractivity contribution is 0.0738. The van der Waals surface area contributed by atoms with Gasteiger partial charge in [-0.2, -0.15) is 0 Å². The van der Waals surface area contributed by atoms with Gasteiger partial charge in [-0.25, -0.2) is 4.79 Å². The van der Waals surface area contributed by atoms with Gasteiger partial charge >= 0.3 is 5.97 Å². The highest BCUT2D eigenvalue weighted by molar-refractivity contribution is 7.21. The quantitative estimate of drug-likeness (QED) is 0.374. The van der Waals surface area contributed by atoms with Crippen LogP contribution in [0.2, 0.25) is 5.02 Å². The zero-order valence-corrected chi connectivity index (χ0v) is 14.5. The summed E-state index contributed by atoms with van der Waals surface area (Å²) in [4.78, 5) is 24.4. The summed E-state index contributed by atoms with van der Waals surface area (Å²) in [7, 11) is 1.57. The predicted octanol–water partition coefficient (Wildman–Crippen LogP) is 4.99. The van der Waals surface area contributed by atoms with Crippen LogP contribution < -0.4 is 9.47 Å². The molecule has 0 fully saturated rings. The summed E-state index contributed by atoms with van der Waals surface area (Å²) in [6, 6.07) is 12.0. The summed E-state index contributed by atoms with van der Waals surface area (Å²) in [5, 5.41) is 1.09. The molecule has 0 N–H and O–H groups in total. The number of ether oxygens (including phenoxy) is 2. The lowest BCUT2D eigenvalue weighted by atomic mass is 10.1. The zero-order valence-electron chi connectivity index (χ0n) is 13.0. The minimum atomic E-state index is -0.589. The van der Waals surface area contributed by atoms with Crippen LogP contribution in [0.1, 0.15) is 27.0 Å². The Balaban J connectivity index is 1.98. The van der Waals surface area contributed by atoms with Crippen LogP contribution in [-0.2, 0) is 0 Å². The first-order chi connectivity index (χ1) is 11.5. The number of thiophene rings is 1. The number of hydrogen-bond donors (Lipinski definition) is 0. The van der Waals surface area contributed by atoms with Gasteiger partial charge in [0.2, 0.25) is 0 Å². The molecule has 0 bridgehead atoms. The number of carbonyl (C=O) groups is 2. The second kappa shape index (κ2) is 6.63. The van der Waals surface area contributed by atoms with Crippen molar-refractivity contribution >= 4 is 44.8 Å². The molecule has 0 amide bonds. The number of para-hydroxylation sites is 1. The second-order valence-corrected chi connectivity index (χ2v) is 6.48. The smallest absolute Gasteiger partial charge is 0.355 e. The van der Waals surface area contributed by atoms with Gasteiger partial charge in [-0.3, -0.25) is 4.79 Å². The Morgan fingerprint density at radius 2 is 1.88 bits per heavy atom. The van der Waals surface area contributed by atoms with E-state index in [1.807, 2.05) is 6.07 Å². The van der Waals surface area contributed by atoms with E-state index < -0.39 is 5.97 Å². The van der Waals surface area contributed by atoms with Crippen LogP contribution in [-0.4, -0.2) is 18.9 Å². The molecule has 1 heterocycles. The fourth-order valence-electron chi connectivity index (χ4n) is 2.30. The van der Waals surface area contributed by atoms with E-state index in [-0.39, 0.29) is 11.5 Å². The number of hydrogen-bond acceptors (Lipinski definition) is 5. The maximum absolute atomic E-state index is 12.5. The summed E-state index contributed by atoms with van der Waals surface area (Å²) in [6.45, 7) is 1.42. The SMILES string of the molecule is COc1ccc2c(Cl)c(C(=O)Oc3ccccc3C(C)=O)sc2c1. The topological polar surface area (TPSA) is 52.6 Å². The van der Waals surface area contributed by atoms with Crippen molar-refractivity contribution in [1.29, 1.82) is 0 Å². The van der Waals surface area contributed by atoms with Gasteiger partial charge in [-0.1, -0.05) is 23.7 Å². The molecule has 0 radical (unpaired) electrons. The Bertz CT molecular complexity index is 945. The fraction of sp³-hybridized carbons (Fsp3) is 0.111. The van der Waals surface area contributed by atoms with E-state index in [1.165, 1.54) is 18.3 Å². The van der Waals surface area contributed by atoms with Crippen LogP contribution in [0.4, 0.5) is 0 Å². The molecule has 122 valence electrons. The Labute approximate surface area is 147 Å². The second-order valence-electron chi connectivity index (χ2n) is 5.05. The van der Waals surface area contributed by atoms with Crippen molar-refractivity contribution in [2.75, 3.05) is 7.11 Å². The van der Waals surface area contributed by atoms with Crippen molar-refractivity contribution in [2.45, 2.75) is 6.92 Å². The molecule has 1 aromatic heterocycles. The minimum Gasteiger partial charge on any atom is -0.497 e. The molecule has 2 aromatic carbocycles. The van der Waals surface area contributed by atoms with Gasteiger partial charge in [-0.15, -0.1) is 11.3 Å². The van der Waals surface area contributed by atoms with Crippen LogP contribution in [0, 0.1) is 0 Å². The zero-order chi connectivity index (χ0) is 17.3. The van der Waals surface area contributed by atoms with E-state index in [1.54, 1.807) is 43.5 Å². The number of halogens is 1. The lowest BCUT2D eigenvalue weighted by Crippen LogP contribution is -2.09. The number of ketones is 1. The highest BCUT2D eigenvalue weighted by atomic mass is 35.5. The molecule has 4 nitrogen and oxygen atoms in total. The average Bonchev–Trinajstić information content (AvgIpc) is 2.91. The average molecular weight is 361 g/mol. The van der Waals surface area contributed by atoms with E-state index in [4.69, 9.17) is 21.1 Å². The van der Waals surface area contributed by atoms with E-state index in [0.717, 1.165) is 10.1 Å². The predicted molar refractivity (Wildman–Crippen MR) is 94.8 cm³/mol. The summed E-state index contributed by atoms with van der Waals surface area (Å²) in [5.74, 6) is 0.141. The molecule has 6 heteroatoms. The molecule has 0 spiro atoms. The van der Waals surface area contributed by atoms with Crippen LogP contribution in [0.15, 0.2) is 42.5 Å². The number of fused-ring (bicyclic) bond motifs is 1. The molecule has 0 saturated carbocycles. The van der Waals surface area contributed by atoms with Crippen LogP contribution in [0.5, 0.6) is 11.5 Å². The van der Waals surface area contributed by atoms with E-state index in [0.29, 0.717) is 21.2 Å². The Kier molecular flexibility index (Phi) is 4.55. The molecular weight excluding hydrogens is 348 g/mol. The van der Waals surface area contributed by atoms with Gasteiger partial charge < -0.3 is 9.47 Å². The molecule has 0 aliphatic carbocycles. The minimum absolute atomic E-state index is 0.175. The van der Waals surface area contributed by atoms with Gasteiger partial charge in [0.1, 0.15) is 16.4 Å². The molecule has 3 aromatic rings. The third kappa shape index (κ3) is 3.00. The van der Waals surface area contributed by atoms with Crippen molar-refractivity contribution in [2.24, 2.45) is 0 Å². The van der Waals surface area contributed by atoms with Crippen molar-refractivity contribution in [3.63, 3.8) is 0 Å². The van der Waals surface area contributed by atoms with Crippen LogP contribution >= 0.6 is 22.9 Å². The molecule has 0 aliphatic rings. The largest absolute Gasteiger partial charge is 0.497 e. The number of benzene rings is 2. The Morgan fingerprint density at radius 3 is 2.58 bits per heavy atom. The summed E-state index contributed by atoms with van der Waals surface area (Å²) >= 11 is 7.54. The Hall–Kier alpha value is -2.37. The van der Waals surface area contributed by atoms with E-state index in [2.05, 4.69) is 0 Å². The number of esters is 1. The molecule has 0 atom stereocenters. The number of carbonyl (C=O) groups excluding carboxylic acids is 2. The number of rotatable bonds is 4. The highest BCUT2D eigenvalue weighted by Crippen LogP contribution is 2.38. The van der Waals surface area contributed by atoms with Gasteiger partial charge in [0.25, 0.3) is 0 Å². The third-order valence-electron chi connectivity index (χ3n) is 3.49. The van der Waals surface area contributed by atoms with Gasteiger partial charge in [0, 0.05) is 10.1 Å². The summed E-state index contributed by atoms with van der Waals surface area (Å²) in [5.41, 5.74) is 0.352. The molecule has 3 rings (SSSR count). The monoisotopic (exact) mass is 360 g/mol. The first-order valence-corrected chi connectivity index (χ1v) is 8.29. The van der Waals surface area contributed by atoms with Gasteiger partial charge in [0.05, 0.1) is 17.7 Å². The lowest BCUT2D eigenvalue weighted by Gasteiger charge is -2.07.